The fourth-order valence-electron chi connectivity index (χ4n) is 3.81. The SMILES string of the molecule is Cc1ccc(-c2cc(C(=O)NCC(c3cccs3)N3CCCCC3)no2)cc1C. The van der Waals surface area contributed by atoms with Gasteiger partial charge < -0.3 is 9.84 Å². The van der Waals surface area contributed by atoms with Crippen LogP contribution in [0.4, 0.5) is 0 Å². The van der Waals surface area contributed by atoms with Gasteiger partial charge in [-0.15, -0.1) is 11.3 Å². The zero-order chi connectivity index (χ0) is 20.2. The first-order valence-corrected chi connectivity index (χ1v) is 11.1. The number of thiophene rings is 1. The van der Waals surface area contributed by atoms with Crippen molar-refractivity contribution in [2.24, 2.45) is 0 Å². The van der Waals surface area contributed by atoms with Crippen molar-refractivity contribution in [2.75, 3.05) is 19.6 Å². The Bertz CT molecular complexity index is 958. The third kappa shape index (κ3) is 4.60. The van der Waals surface area contributed by atoms with Gasteiger partial charge in [-0.3, -0.25) is 9.69 Å². The van der Waals surface area contributed by atoms with Gasteiger partial charge in [0.1, 0.15) is 0 Å². The largest absolute Gasteiger partial charge is 0.355 e. The van der Waals surface area contributed by atoms with Crippen molar-refractivity contribution in [1.82, 2.24) is 15.4 Å². The summed E-state index contributed by atoms with van der Waals surface area (Å²) in [5.74, 6) is 0.423. The minimum Gasteiger partial charge on any atom is -0.355 e. The van der Waals surface area contributed by atoms with Crippen molar-refractivity contribution in [3.05, 3.63) is 63.5 Å². The Labute approximate surface area is 175 Å². The van der Waals surface area contributed by atoms with E-state index in [0.29, 0.717) is 18.0 Å². The number of carbonyl (C=O) groups excluding carboxylic acids is 1. The number of aryl methyl sites for hydroxylation is 2. The molecule has 0 bridgehead atoms. The fraction of sp³-hybridized carbons (Fsp3) is 0.391. The van der Waals surface area contributed by atoms with Crippen LogP contribution in [0.1, 0.15) is 51.8 Å². The van der Waals surface area contributed by atoms with Crippen LogP contribution in [-0.2, 0) is 0 Å². The fourth-order valence-corrected chi connectivity index (χ4v) is 4.67. The molecule has 29 heavy (non-hydrogen) atoms. The highest BCUT2D eigenvalue weighted by molar-refractivity contribution is 7.10. The topological polar surface area (TPSA) is 58.4 Å². The monoisotopic (exact) mass is 409 g/mol. The van der Waals surface area contributed by atoms with Gasteiger partial charge in [-0.2, -0.15) is 0 Å². The summed E-state index contributed by atoms with van der Waals surface area (Å²) >= 11 is 1.75. The summed E-state index contributed by atoms with van der Waals surface area (Å²) in [5, 5.41) is 9.17. The predicted octanol–water partition coefficient (Wildman–Crippen LogP) is 4.98. The van der Waals surface area contributed by atoms with Crippen LogP contribution in [0.3, 0.4) is 0 Å². The molecule has 1 unspecified atom stereocenters. The maximum atomic E-state index is 12.7. The number of aromatic nitrogens is 1. The number of hydrogen-bond donors (Lipinski definition) is 1. The molecule has 3 aromatic rings. The second-order valence-electron chi connectivity index (χ2n) is 7.71. The first-order chi connectivity index (χ1) is 14.1. The Morgan fingerprint density at radius 3 is 2.72 bits per heavy atom. The third-order valence-corrected chi connectivity index (χ3v) is 6.67. The molecular weight excluding hydrogens is 382 g/mol. The molecule has 0 aliphatic carbocycles. The Kier molecular flexibility index (Phi) is 6.11. The standard InChI is InChI=1S/C23H27N3O2S/c1-16-8-9-18(13-17(16)2)21-14-19(25-28-21)23(27)24-15-20(22-7-6-12-29-22)26-10-4-3-5-11-26/h6-9,12-14,20H,3-5,10-11,15H2,1-2H3,(H,24,27). The van der Waals surface area contributed by atoms with Gasteiger partial charge in [-0.1, -0.05) is 29.8 Å². The van der Waals surface area contributed by atoms with Crippen LogP contribution in [0, 0.1) is 13.8 Å². The van der Waals surface area contributed by atoms with Crippen LogP contribution >= 0.6 is 11.3 Å². The predicted molar refractivity (Wildman–Crippen MR) is 116 cm³/mol. The molecule has 2 aromatic heterocycles. The van der Waals surface area contributed by atoms with Gasteiger partial charge >= 0.3 is 0 Å². The van der Waals surface area contributed by atoms with Crippen LogP contribution in [0.25, 0.3) is 11.3 Å². The molecule has 4 rings (SSSR count). The number of benzene rings is 1. The lowest BCUT2D eigenvalue weighted by Gasteiger charge is -2.34. The van der Waals surface area contributed by atoms with E-state index in [1.165, 1.54) is 35.3 Å². The molecule has 1 N–H and O–H groups in total. The van der Waals surface area contributed by atoms with Crippen molar-refractivity contribution in [1.29, 1.82) is 0 Å². The van der Waals surface area contributed by atoms with E-state index in [9.17, 15) is 4.79 Å². The zero-order valence-corrected chi connectivity index (χ0v) is 17.8. The molecular formula is C23H27N3O2S. The summed E-state index contributed by atoms with van der Waals surface area (Å²) in [6.07, 6.45) is 3.73. The van der Waals surface area contributed by atoms with Gasteiger partial charge in [-0.05, 0) is 68.4 Å². The van der Waals surface area contributed by atoms with Crippen molar-refractivity contribution in [2.45, 2.75) is 39.2 Å². The maximum absolute atomic E-state index is 12.7. The van der Waals surface area contributed by atoms with Gasteiger partial charge in [0.25, 0.3) is 5.91 Å². The number of piperidine rings is 1. The molecule has 1 fully saturated rings. The average molecular weight is 410 g/mol. The Morgan fingerprint density at radius 2 is 2.00 bits per heavy atom. The van der Waals surface area contributed by atoms with Gasteiger partial charge in [-0.25, -0.2) is 0 Å². The lowest BCUT2D eigenvalue weighted by molar-refractivity contribution is 0.0917. The Morgan fingerprint density at radius 1 is 1.17 bits per heavy atom. The van der Waals surface area contributed by atoms with E-state index >= 15 is 0 Å². The average Bonchev–Trinajstić information content (AvgIpc) is 3.43. The summed E-state index contributed by atoms with van der Waals surface area (Å²) in [7, 11) is 0. The van der Waals surface area contributed by atoms with Crippen LogP contribution in [0.15, 0.2) is 46.3 Å². The van der Waals surface area contributed by atoms with Crippen molar-refractivity contribution in [3.8, 4) is 11.3 Å². The van der Waals surface area contributed by atoms with E-state index in [1.807, 2.05) is 6.07 Å². The number of nitrogens with one attached hydrogen (secondary N) is 1. The van der Waals surface area contributed by atoms with E-state index < -0.39 is 0 Å². The zero-order valence-electron chi connectivity index (χ0n) is 17.0. The van der Waals surface area contributed by atoms with Gasteiger partial charge in [0.15, 0.2) is 11.5 Å². The van der Waals surface area contributed by atoms with E-state index in [4.69, 9.17) is 4.52 Å². The molecule has 152 valence electrons. The highest BCUT2D eigenvalue weighted by atomic mass is 32.1. The van der Waals surface area contributed by atoms with Crippen molar-refractivity contribution >= 4 is 17.2 Å². The van der Waals surface area contributed by atoms with Crippen LogP contribution in [0.2, 0.25) is 0 Å². The summed E-state index contributed by atoms with van der Waals surface area (Å²) in [4.78, 5) is 16.5. The lowest BCUT2D eigenvalue weighted by atomic mass is 10.0. The molecule has 6 heteroatoms. The van der Waals surface area contributed by atoms with Gasteiger partial charge in [0.2, 0.25) is 0 Å². The van der Waals surface area contributed by atoms with E-state index in [1.54, 1.807) is 17.4 Å². The highest BCUT2D eigenvalue weighted by Gasteiger charge is 2.24. The third-order valence-electron chi connectivity index (χ3n) is 5.69. The first kappa shape index (κ1) is 19.9. The minimum atomic E-state index is -0.192. The Hall–Kier alpha value is -2.44. The normalized spacial score (nSPS) is 15.9. The molecule has 0 spiro atoms. The van der Waals surface area contributed by atoms with Crippen LogP contribution in [-0.4, -0.2) is 35.6 Å². The quantitative estimate of drug-likeness (QED) is 0.624. The summed E-state index contributed by atoms with van der Waals surface area (Å²) < 4.78 is 5.44. The van der Waals surface area contributed by atoms with E-state index in [-0.39, 0.29) is 11.9 Å². The molecule has 0 radical (unpaired) electrons. The molecule has 1 aromatic carbocycles. The number of amides is 1. The first-order valence-electron chi connectivity index (χ1n) is 10.2. The minimum absolute atomic E-state index is 0.192. The summed E-state index contributed by atoms with van der Waals surface area (Å²) in [6.45, 7) is 6.88. The molecule has 1 aliphatic rings. The number of rotatable bonds is 6. The lowest BCUT2D eigenvalue weighted by Crippen LogP contribution is -2.40. The van der Waals surface area contributed by atoms with Crippen molar-refractivity contribution in [3.63, 3.8) is 0 Å². The number of carbonyl (C=O) groups is 1. The van der Waals surface area contributed by atoms with Gasteiger partial charge in [0, 0.05) is 23.1 Å². The summed E-state index contributed by atoms with van der Waals surface area (Å²) in [5.41, 5.74) is 3.67. The van der Waals surface area contributed by atoms with Crippen LogP contribution < -0.4 is 5.32 Å². The van der Waals surface area contributed by atoms with E-state index in [0.717, 1.165) is 18.7 Å². The number of likely N-dealkylation sites (tertiary alicyclic amines) is 1. The molecule has 0 saturated carbocycles. The molecule has 1 atom stereocenters. The van der Waals surface area contributed by atoms with Gasteiger partial charge in [0.05, 0.1) is 6.04 Å². The van der Waals surface area contributed by atoms with E-state index in [2.05, 4.69) is 58.9 Å². The molecule has 5 nitrogen and oxygen atoms in total. The maximum Gasteiger partial charge on any atom is 0.273 e. The highest BCUT2D eigenvalue weighted by Crippen LogP contribution is 2.28. The smallest absolute Gasteiger partial charge is 0.273 e. The number of nitrogens with zero attached hydrogens (tertiary/aromatic N) is 2. The molecule has 1 saturated heterocycles. The number of hydrogen-bond acceptors (Lipinski definition) is 5. The second kappa shape index (κ2) is 8.93. The molecule has 3 heterocycles. The van der Waals surface area contributed by atoms with Crippen molar-refractivity contribution < 1.29 is 9.32 Å². The summed E-state index contributed by atoms with van der Waals surface area (Å²) in [6, 6.07) is 12.3. The Balaban J connectivity index is 1.44. The molecule has 1 aliphatic heterocycles. The van der Waals surface area contributed by atoms with Crippen LogP contribution in [0.5, 0.6) is 0 Å². The molecule has 1 amide bonds. The second-order valence-corrected chi connectivity index (χ2v) is 8.69.